The van der Waals surface area contributed by atoms with E-state index in [-0.39, 0.29) is 5.75 Å². The zero-order chi connectivity index (χ0) is 15.4. The van der Waals surface area contributed by atoms with E-state index in [1.54, 1.807) is 24.3 Å². The van der Waals surface area contributed by atoms with Gasteiger partial charge < -0.3 is 15.1 Å². The molecular formula is C16H24N2O3. The Balaban J connectivity index is 2.06. The van der Waals surface area contributed by atoms with Crippen molar-refractivity contribution in [2.75, 3.05) is 32.7 Å². The molecule has 0 spiro atoms. The molecule has 1 unspecified atom stereocenters. The number of aliphatic carboxylic acids is 1. The Morgan fingerprint density at radius 1 is 1.24 bits per heavy atom. The minimum atomic E-state index is -0.863. The second-order valence-corrected chi connectivity index (χ2v) is 6.07. The first-order valence-corrected chi connectivity index (χ1v) is 7.45. The number of phenolic OH excluding ortho intramolecular Hbond substituents is 1. The van der Waals surface area contributed by atoms with Gasteiger partial charge in [-0.1, -0.05) is 26.0 Å². The molecule has 0 saturated carbocycles. The summed E-state index contributed by atoms with van der Waals surface area (Å²) in [5.74, 6) is -0.131. The molecule has 5 nitrogen and oxygen atoms in total. The van der Waals surface area contributed by atoms with Gasteiger partial charge in [0, 0.05) is 32.7 Å². The third kappa shape index (κ3) is 4.19. The molecule has 1 atom stereocenters. The lowest BCUT2D eigenvalue weighted by atomic mass is 10.0. The van der Waals surface area contributed by atoms with Crippen molar-refractivity contribution in [3.8, 4) is 5.75 Å². The molecule has 1 aliphatic rings. The summed E-state index contributed by atoms with van der Waals surface area (Å²) in [6.07, 6.45) is 0. The first-order valence-electron chi connectivity index (χ1n) is 7.45. The van der Waals surface area contributed by atoms with Gasteiger partial charge in [-0.05, 0) is 23.6 Å². The van der Waals surface area contributed by atoms with Crippen molar-refractivity contribution in [1.29, 1.82) is 0 Å². The summed E-state index contributed by atoms with van der Waals surface area (Å²) in [7, 11) is 0. The summed E-state index contributed by atoms with van der Waals surface area (Å²) in [6.45, 7) is 8.69. The van der Waals surface area contributed by atoms with Crippen LogP contribution in [0.5, 0.6) is 5.75 Å². The van der Waals surface area contributed by atoms with Gasteiger partial charge >= 0.3 is 5.97 Å². The van der Waals surface area contributed by atoms with E-state index in [0.717, 1.165) is 32.7 Å². The number of aromatic hydroxyl groups is 1. The summed E-state index contributed by atoms with van der Waals surface area (Å²) >= 11 is 0. The molecule has 21 heavy (non-hydrogen) atoms. The topological polar surface area (TPSA) is 64.0 Å². The first kappa shape index (κ1) is 15.8. The molecular weight excluding hydrogens is 268 g/mol. The monoisotopic (exact) mass is 292 g/mol. The normalized spacial score (nSPS) is 18.8. The SMILES string of the molecule is CC(C)CN1CCN(C(C(=O)O)c2cccc(O)c2)CC1. The summed E-state index contributed by atoms with van der Waals surface area (Å²) in [6, 6.07) is 5.87. The van der Waals surface area contributed by atoms with Crippen molar-refractivity contribution in [2.45, 2.75) is 19.9 Å². The first-order chi connectivity index (χ1) is 9.97. The molecule has 1 aromatic rings. The Morgan fingerprint density at radius 3 is 2.43 bits per heavy atom. The van der Waals surface area contributed by atoms with Gasteiger partial charge in [-0.25, -0.2) is 0 Å². The highest BCUT2D eigenvalue weighted by Crippen LogP contribution is 2.25. The maximum Gasteiger partial charge on any atom is 0.325 e. The summed E-state index contributed by atoms with van der Waals surface area (Å²) in [5.41, 5.74) is 0.639. The number of carboxylic acid groups (broad SMARTS) is 1. The molecule has 0 bridgehead atoms. The van der Waals surface area contributed by atoms with Crippen LogP contribution in [0.25, 0.3) is 0 Å². The lowest BCUT2D eigenvalue weighted by molar-refractivity contribution is -0.144. The van der Waals surface area contributed by atoms with E-state index in [1.165, 1.54) is 0 Å². The fourth-order valence-electron chi connectivity index (χ4n) is 2.92. The van der Waals surface area contributed by atoms with Gasteiger partial charge in [-0.3, -0.25) is 9.69 Å². The molecule has 1 fully saturated rings. The minimum Gasteiger partial charge on any atom is -0.508 e. The zero-order valence-electron chi connectivity index (χ0n) is 12.7. The Hall–Kier alpha value is -1.59. The van der Waals surface area contributed by atoms with Crippen LogP contribution in [-0.2, 0) is 4.79 Å². The summed E-state index contributed by atoms with van der Waals surface area (Å²) in [4.78, 5) is 16.0. The second kappa shape index (κ2) is 6.91. The van der Waals surface area contributed by atoms with E-state index < -0.39 is 12.0 Å². The number of hydrogen-bond acceptors (Lipinski definition) is 4. The van der Waals surface area contributed by atoms with Crippen molar-refractivity contribution in [3.63, 3.8) is 0 Å². The second-order valence-electron chi connectivity index (χ2n) is 6.07. The van der Waals surface area contributed by atoms with Crippen molar-refractivity contribution < 1.29 is 15.0 Å². The van der Waals surface area contributed by atoms with Gasteiger partial charge in [-0.15, -0.1) is 0 Å². The lowest BCUT2D eigenvalue weighted by Crippen LogP contribution is -2.49. The van der Waals surface area contributed by atoms with Gasteiger partial charge in [-0.2, -0.15) is 0 Å². The third-order valence-corrected chi connectivity index (χ3v) is 3.82. The molecule has 2 N–H and O–H groups in total. The van der Waals surface area contributed by atoms with E-state index in [2.05, 4.69) is 18.7 Å². The predicted molar refractivity (Wildman–Crippen MR) is 81.3 cm³/mol. The van der Waals surface area contributed by atoms with Crippen LogP contribution >= 0.6 is 0 Å². The standard InChI is InChI=1S/C16H24N2O3/c1-12(2)11-17-6-8-18(9-7-17)15(16(20)21)13-4-3-5-14(19)10-13/h3-5,10,12,15,19H,6-9,11H2,1-2H3,(H,20,21). The largest absolute Gasteiger partial charge is 0.508 e. The number of hydrogen-bond donors (Lipinski definition) is 2. The summed E-state index contributed by atoms with van der Waals surface area (Å²) in [5, 5.41) is 19.1. The summed E-state index contributed by atoms with van der Waals surface area (Å²) < 4.78 is 0. The van der Waals surface area contributed by atoms with Crippen LogP contribution in [0.15, 0.2) is 24.3 Å². The molecule has 2 rings (SSSR count). The molecule has 0 radical (unpaired) electrons. The minimum absolute atomic E-state index is 0.109. The number of carboxylic acids is 1. The molecule has 0 aromatic heterocycles. The molecule has 0 amide bonds. The average Bonchev–Trinajstić information content (AvgIpc) is 2.40. The number of rotatable bonds is 5. The molecule has 5 heteroatoms. The van der Waals surface area contributed by atoms with Crippen molar-refractivity contribution in [2.24, 2.45) is 5.92 Å². The highest BCUT2D eigenvalue weighted by Gasteiger charge is 2.30. The Morgan fingerprint density at radius 2 is 1.90 bits per heavy atom. The van der Waals surface area contributed by atoms with Crippen LogP contribution in [0.4, 0.5) is 0 Å². The number of phenols is 1. The Labute approximate surface area is 125 Å². The molecule has 1 aliphatic heterocycles. The van der Waals surface area contributed by atoms with Gasteiger partial charge in [0.1, 0.15) is 11.8 Å². The third-order valence-electron chi connectivity index (χ3n) is 3.82. The number of piperazine rings is 1. The van der Waals surface area contributed by atoms with Crippen LogP contribution in [0.2, 0.25) is 0 Å². The van der Waals surface area contributed by atoms with Crippen LogP contribution in [0.3, 0.4) is 0 Å². The molecule has 1 saturated heterocycles. The smallest absolute Gasteiger partial charge is 0.325 e. The molecule has 1 aromatic carbocycles. The van der Waals surface area contributed by atoms with Gasteiger partial charge in [0.25, 0.3) is 0 Å². The van der Waals surface area contributed by atoms with Crippen LogP contribution < -0.4 is 0 Å². The van der Waals surface area contributed by atoms with Crippen molar-refractivity contribution >= 4 is 5.97 Å². The highest BCUT2D eigenvalue weighted by atomic mass is 16.4. The van der Waals surface area contributed by atoms with E-state index >= 15 is 0 Å². The average molecular weight is 292 g/mol. The van der Waals surface area contributed by atoms with Crippen LogP contribution in [0, 0.1) is 5.92 Å². The fourth-order valence-corrected chi connectivity index (χ4v) is 2.92. The van der Waals surface area contributed by atoms with E-state index in [1.807, 2.05) is 4.90 Å². The van der Waals surface area contributed by atoms with Gasteiger partial charge in [0.2, 0.25) is 0 Å². The fraction of sp³-hybridized carbons (Fsp3) is 0.562. The van der Waals surface area contributed by atoms with E-state index in [4.69, 9.17) is 0 Å². The van der Waals surface area contributed by atoms with Gasteiger partial charge in [0.15, 0.2) is 0 Å². The zero-order valence-corrected chi connectivity index (χ0v) is 12.7. The Kier molecular flexibility index (Phi) is 5.20. The number of benzene rings is 1. The van der Waals surface area contributed by atoms with E-state index in [0.29, 0.717) is 11.5 Å². The molecule has 0 aliphatic carbocycles. The van der Waals surface area contributed by atoms with Crippen LogP contribution in [0.1, 0.15) is 25.5 Å². The lowest BCUT2D eigenvalue weighted by Gasteiger charge is -2.38. The van der Waals surface area contributed by atoms with E-state index in [9.17, 15) is 15.0 Å². The van der Waals surface area contributed by atoms with Gasteiger partial charge in [0.05, 0.1) is 0 Å². The quantitative estimate of drug-likeness (QED) is 0.866. The van der Waals surface area contributed by atoms with Crippen LogP contribution in [-0.4, -0.2) is 58.7 Å². The highest BCUT2D eigenvalue weighted by molar-refractivity contribution is 5.75. The molecule has 116 valence electrons. The number of nitrogens with zero attached hydrogens (tertiary/aromatic N) is 2. The maximum atomic E-state index is 11.6. The maximum absolute atomic E-state index is 11.6. The number of carbonyl (C=O) groups is 1. The van der Waals surface area contributed by atoms with Crippen molar-refractivity contribution in [1.82, 2.24) is 9.80 Å². The Bertz CT molecular complexity index is 482. The molecule has 1 heterocycles. The van der Waals surface area contributed by atoms with Crippen molar-refractivity contribution in [3.05, 3.63) is 29.8 Å². The predicted octanol–water partition coefficient (Wildman–Crippen LogP) is 1.79.